The van der Waals surface area contributed by atoms with E-state index in [-0.39, 0.29) is 12.5 Å². The summed E-state index contributed by atoms with van der Waals surface area (Å²) in [5.41, 5.74) is 0. The molecule has 0 aromatic heterocycles. The summed E-state index contributed by atoms with van der Waals surface area (Å²) in [5.74, 6) is -0.135. The Hall–Kier alpha value is -0.570. The van der Waals surface area contributed by atoms with Gasteiger partial charge in [0.1, 0.15) is 0 Å². The molecule has 1 atom stereocenters. The molecule has 0 aliphatic carbocycles. The normalized spacial score (nSPS) is 13.8. The van der Waals surface area contributed by atoms with Gasteiger partial charge in [-0.15, -0.1) is 0 Å². The lowest BCUT2D eigenvalue weighted by atomic mass is 10.1. The Bertz CT molecular complexity index is 145. The summed E-state index contributed by atoms with van der Waals surface area (Å²) in [5, 5.41) is 8.54. The van der Waals surface area contributed by atoms with Gasteiger partial charge in [0, 0.05) is 12.6 Å². The van der Waals surface area contributed by atoms with Gasteiger partial charge in [-0.3, -0.25) is 4.79 Å². The van der Waals surface area contributed by atoms with Crippen LogP contribution in [0.25, 0.3) is 0 Å². The molecule has 0 aliphatic heterocycles. The Morgan fingerprint density at radius 2 is 1.92 bits per heavy atom. The summed E-state index contributed by atoms with van der Waals surface area (Å²) < 4.78 is 0. The van der Waals surface area contributed by atoms with E-state index in [2.05, 4.69) is 18.7 Å². The van der Waals surface area contributed by atoms with E-state index in [1.54, 1.807) is 0 Å². The second kappa shape index (κ2) is 5.14. The zero-order valence-corrected chi connectivity index (χ0v) is 8.37. The number of nitrogens with zero attached hydrogens (tertiary/aromatic N) is 1. The monoisotopic (exact) mass is 173 g/mol. The Morgan fingerprint density at radius 3 is 2.25 bits per heavy atom. The van der Waals surface area contributed by atoms with Crippen molar-refractivity contribution in [3.05, 3.63) is 0 Å². The zero-order chi connectivity index (χ0) is 9.72. The molecule has 0 saturated heterocycles. The molecule has 3 nitrogen and oxygen atoms in total. The zero-order valence-electron chi connectivity index (χ0n) is 8.37. The number of hydrogen-bond acceptors (Lipinski definition) is 2. The van der Waals surface area contributed by atoms with Crippen LogP contribution in [0.1, 0.15) is 27.2 Å². The van der Waals surface area contributed by atoms with Gasteiger partial charge in [0.05, 0.1) is 6.42 Å². The van der Waals surface area contributed by atoms with Crippen LogP contribution >= 0.6 is 0 Å². The summed E-state index contributed by atoms with van der Waals surface area (Å²) in [6.45, 7) is 7.15. The predicted molar refractivity (Wildman–Crippen MR) is 49.2 cm³/mol. The summed E-state index contributed by atoms with van der Waals surface area (Å²) >= 11 is 0. The highest BCUT2D eigenvalue weighted by atomic mass is 16.4. The third kappa shape index (κ3) is 5.13. The Morgan fingerprint density at radius 1 is 1.42 bits per heavy atom. The third-order valence-electron chi connectivity index (χ3n) is 1.88. The molecule has 0 bridgehead atoms. The van der Waals surface area contributed by atoms with Crippen molar-refractivity contribution in [2.75, 3.05) is 13.6 Å². The predicted octanol–water partition coefficient (Wildman–Crippen LogP) is 1.44. The summed E-state index contributed by atoms with van der Waals surface area (Å²) in [4.78, 5) is 12.5. The number of carboxylic acid groups (broad SMARTS) is 1. The first-order chi connectivity index (χ1) is 5.43. The average molecular weight is 173 g/mol. The van der Waals surface area contributed by atoms with Crippen LogP contribution < -0.4 is 0 Å². The molecular weight excluding hydrogens is 154 g/mol. The minimum absolute atomic E-state index is 0.130. The van der Waals surface area contributed by atoms with Crippen molar-refractivity contribution in [1.29, 1.82) is 0 Å². The second-order valence-electron chi connectivity index (χ2n) is 3.78. The van der Waals surface area contributed by atoms with Crippen LogP contribution in [0.5, 0.6) is 0 Å². The first-order valence-corrected chi connectivity index (χ1v) is 4.35. The minimum Gasteiger partial charge on any atom is -0.481 e. The second-order valence-corrected chi connectivity index (χ2v) is 3.78. The first-order valence-electron chi connectivity index (χ1n) is 4.35. The van der Waals surface area contributed by atoms with Crippen LogP contribution in [0.3, 0.4) is 0 Å². The smallest absolute Gasteiger partial charge is 0.304 e. The fourth-order valence-electron chi connectivity index (χ4n) is 1.16. The molecule has 0 fully saturated rings. The van der Waals surface area contributed by atoms with Crippen LogP contribution in [-0.4, -0.2) is 35.6 Å². The lowest BCUT2D eigenvalue weighted by molar-refractivity contribution is -0.138. The van der Waals surface area contributed by atoms with E-state index in [4.69, 9.17) is 5.11 Å². The molecule has 0 rings (SSSR count). The van der Waals surface area contributed by atoms with Crippen LogP contribution in [0.4, 0.5) is 0 Å². The lowest BCUT2D eigenvalue weighted by Gasteiger charge is -2.24. The van der Waals surface area contributed by atoms with Gasteiger partial charge in [-0.2, -0.15) is 0 Å². The van der Waals surface area contributed by atoms with E-state index in [1.165, 1.54) is 0 Å². The van der Waals surface area contributed by atoms with E-state index in [0.717, 1.165) is 6.54 Å². The number of aliphatic carboxylic acids is 1. The van der Waals surface area contributed by atoms with Gasteiger partial charge >= 0.3 is 5.97 Å². The van der Waals surface area contributed by atoms with Gasteiger partial charge in [-0.25, -0.2) is 0 Å². The Balaban J connectivity index is 3.76. The maximum atomic E-state index is 10.4. The van der Waals surface area contributed by atoms with Gasteiger partial charge in [-0.1, -0.05) is 13.8 Å². The maximum absolute atomic E-state index is 10.4. The van der Waals surface area contributed by atoms with Crippen molar-refractivity contribution in [3.8, 4) is 0 Å². The fraction of sp³-hybridized carbons (Fsp3) is 0.889. The van der Waals surface area contributed by atoms with E-state index in [0.29, 0.717) is 5.92 Å². The summed E-state index contributed by atoms with van der Waals surface area (Å²) in [6, 6.07) is 0.130. The molecule has 0 aliphatic rings. The standard InChI is InChI=1S/C9H19NO2/c1-7(2)6-10(4)8(3)5-9(11)12/h7-8H,5-6H2,1-4H3,(H,11,12). The highest BCUT2D eigenvalue weighted by Crippen LogP contribution is 2.04. The van der Waals surface area contributed by atoms with Crippen LogP contribution in [0, 0.1) is 5.92 Å². The topological polar surface area (TPSA) is 40.5 Å². The molecule has 0 saturated carbocycles. The molecule has 0 amide bonds. The summed E-state index contributed by atoms with van der Waals surface area (Å²) in [7, 11) is 1.97. The largest absolute Gasteiger partial charge is 0.481 e. The molecule has 1 unspecified atom stereocenters. The van der Waals surface area contributed by atoms with E-state index in [1.807, 2.05) is 14.0 Å². The first kappa shape index (κ1) is 11.4. The molecular formula is C9H19NO2. The molecule has 0 aromatic carbocycles. The van der Waals surface area contributed by atoms with Gasteiger partial charge < -0.3 is 10.0 Å². The van der Waals surface area contributed by atoms with Crippen molar-refractivity contribution >= 4 is 5.97 Å². The van der Waals surface area contributed by atoms with Crippen molar-refractivity contribution in [3.63, 3.8) is 0 Å². The van der Waals surface area contributed by atoms with Gasteiger partial charge in [0.25, 0.3) is 0 Å². The number of carbonyl (C=O) groups is 1. The Labute approximate surface area is 74.4 Å². The molecule has 0 aromatic rings. The number of rotatable bonds is 5. The van der Waals surface area contributed by atoms with E-state index in [9.17, 15) is 4.79 Å². The molecule has 0 radical (unpaired) electrons. The number of carboxylic acids is 1. The van der Waals surface area contributed by atoms with Gasteiger partial charge in [0.2, 0.25) is 0 Å². The van der Waals surface area contributed by atoms with Crippen LogP contribution in [0.2, 0.25) is 0 Å². The van der Waals surface area contributed by atoms with Gasteiger partial charge in [-0.05, 0) is 19.9 Å². The van der Waals surface area contributed by atoms with Crippen molar-refractivity contribution in [2.24, 2.45) is 5.92 Å². The Kier molecular flexibility index (Phi) is 4.90. The van der Waals surface area contributed by atoms with E-state index < -0.39 is 5.97 Å². The highest BCUT2D eigenvalue weighted by molar-refractivity contribution is 5.67. The molecule has 0 spiro atoms. The van der Waals surface area contributed by atoms with Gasteiger partial charge in [0.15, 0.2) is 0 Å². The third-order valence-corrected chi connectivity index (χ3v) is 1.88. The molecule has 0 heterocycles. The van der Waals surface area contributed by atoms with Crippen molar-refractivity contribution in [1.82, 2.24) is 4.90 Å². The van der Waals surface area contributed by atoms with Crippen molar-refractivity contribution in [2.45, 2.75) is 33.2 Å². The van der Waals surface area contributed by atoms with E-state index >= 15 is 0 Å². The minimum atomic E-state index is -0.724. The van der Waals surface area contributed by atoms with Crippen LogP contribution in [-0.2, 0) is 4.79 Å². The molecule has 72 valence electrons. The molecule has 1 N–H and O–H groups in total. The SMILES string of the molecule is CC(C)CN(C)C(C)CC(=O)O. The highest BCUT2D eigenvalue weighted by Gasteiger charge is 2.13. The quantitative estimate of drug-likeness (QED) is 0.684. The molecule has 3 heteroatoms. The van der Waals surface area contributed by atoms with Crippen LogP contribution in [0.15, 0.2) is 0 Å². The fourth-order valence-corrected chi connectivity index (χ4v) is 1.16. The maximum Gasteiger partial charge on any atom is 0.304 e. The number of hydrogen-bond donors (Lipinski definition) is 1. The van der Waals surface area contributed by atoms with Crippen molar-refractivity contribution < 1.29 is 9.90 Å². The average Bonchev–Trinajstić information content (AvgIpc) is 1.84. The molecule has 12 heavy (non-hydrogen) atoms. The lowest BCUT2D eigenvalue weighted by Crippen LogP contribution is -2.33. The summed E-state index contributed by atoms with van der Waals surface area (Å²) in [6.07, 6.45) is 0.225.